The normalized spacial score (nSPS) is 14.1. The average Bonchev–Trinajstić information content (AvgIpc) is 3.24. The standard InChI is InChI=1S/C29H21BrFNO4/c1-2-34-26-16-18(14-23(30)27(26)35-17-20-9-4-6-13-24(20)31)15-25-29(33)36-28(32-25)22-12-7-10-19-8-3-5-11-21(19)22/h3-16H,2,17H2,1H3/b25-15+. The quantitative estimate of drug-likeness (QED) is 0.184. The van der Waals surface area contributed by atoms with Crippen LogP contribution in [-0.4, -0.2) is 18.5 Å². The zero-order valence-electron chi connectivity index (χ0n) is 19.3. The molecule has 1 aliphatic heterocycles. The number of hydrogen-bond acceptors (Lipinski definition) is 5. The van der Waals surface area contributed by atoms with E-state index in [0.717, 1.165) is 16.3 Å². The third kappa shape index (κ3) is 4.88. The number of benzene rings is 4. The summed E-state index contributed by atoms with van der Waals surface area (Å²) in [4.78, 5) is 17.1. The van der Waals surface area contributed by atoms with Gasteiger partial charge in [0.2, 0.25) is 5.90 Å². The Morgan fingerprint density at radius 1 is 1.00 bits per heavy atom. The van der Waals surface area contributed by atoms with Gasteiger partial charge in [-0.25, -0.2) is 14.2 Å². The van der Waals surface area contributed by atoms with E-state index in [9.17, 15) is 9.18 Å². The molecule has 0 saturated heterocycles. The van der Waals surface area contributed by atoms with Crippen molar-refractivity contribution >= 4 is 44.6 Å². The van der Waals surface area contributed by atoms with Gasteiger partial charge >= 0.3 is 5.97 Å². The lowest BCUT2D eigenvalue weighted by molar-refractivity contribution is -0.129. The molecule has 4 aromatic carbocycles. The van der Waals surface area contributed by atoms with Crippen LogP contribution in [0.1, 0.15) is 23.6 Å². The number of nitrogens with zero attached hydrogens (tertiary/aromatic N) is 1. The van der Waals surface area contributed by atoms with Gasteiger partial charge in [-0.1, -0.05) is 54.6 Å². The molecule has 0 bridgehead atoms. The molecule has 0 fully saturated rings. The van der Waals surface area contributed by atoms with Crippen molar-refractivity contribution < 1.29 is 23.4 Å². The van der Waals surface area contributed by atoms with E-state index in [4.69, 9.17) is 14.2 Å². The van der Waals surface area contributed by atoms with Crippen LogP contribution >= 0.6 is 15.9 Å². The van der Waals surface area contributed by atoms with Crippen LogP contribution in [0.15, 0.2) is 94.0 Å². The molecular weight excluding hydrogens is 525 g/mol. The lowest BCUT2D eigenvalue weighted by Crippen LogP contribution is -2.06. The van der Waals surface area contributed by atoms with E-state index in [-0.39, 0.29) is 24.0 Å². The van der Waals surface area contributed by atoms with Crippen molar-refractivity contribution in [2.45, 2.75) is 13.5 Å². The summed E-state index contributed by atoms with van der Waals surface area (Å²) in [6.07, 6.45) is 1.63. The third-order valence-electron chi connectivity index (χ3n) is 5.61. The molecule has 5 nitrogen and oxygen atoms in total. The fourth-order valence-corrected chi connectivity index (χ4v) is 4.51. The van der Waals surface area contributed by atoms with E-state index in [1.807, 2.05) is 49.4 Å². The molecule has 0 N–H and O–H groups in total. The van der Waals surface area contributed by atoms with Crippen LogP contribution in [0.5, 0.6) is 11.5 Å². The molecule has 4 aromatic rings. The van der Waals surface area contributed by atoms with Gasteiger partial charge in [-0.3, -0.25) is 0 Å². The van der Waals surface area contributed by atoms with Gasteiger partial charge in [0, 0.05) is 11.1 Å². The largest absolute Gasteiger partial charge is 0.490 e. The van der Waals surface area contributed by atoms with Crippen molar-refractivity contribution in [1.29, 1.82) is 0 Å². The number of carbonyl (C=O) groups is 1. The van der Waals surface area contributed by atoms with Crippen LogP contribution in [0.25, 0.3) is 16.8 Å². The molecule has 5 rings (SSSR count). The molecule has 0 aliphatic carbocycles. The Hall–Kier alpha value is -3.97. The van der Waals surface area contributed by atoms with Crippen molar-refractivity contribution in [3.8, 4) is 11.5 Å². The lowest BCUT2D eigenvalue weighted by atomic mass is 10.0. The predicted octanol–water partition coefficient (Wildman–Crippen LogP) is 7.06. The minimum Gasteiger partial charge on any atom is -0.490 e. The number of carbonyl (C=O) groups excluding carboxylic acids is 1. The Labute approximate surface area is 216 Å². The van der Waals surface area contributed by atoms with E-state index in [1.165, 1.54) is 6.07 Å². The zero-order valence-corrected chi connectivity index (χ0v) is 20.9. The molecule has 7 heteroatoms. The number of rotatable bonds is 7. The molecule has 0 amide bonds. The number of ether oxygens (including phenoxy) is 3. The van der Waals surface area contributed by atoms with Crippen LogP contribution in [-0.2, 0) is 16.1 Å². The van der Waals surface area contributed by atoms with E-state index in [2.05, 4.69) is 20.9 Å². The first-order valence-corrected chi connectivity index (χ1v) is 12.2. The third-order valence-corrected chi connectivity index (χ3v) is 6.19. The second kappa shape index (κ2) is 10.3. The number of aliphatic imine (C=N–C) groups is 1. The summed E-state index contributed by atoms with van der Waals surface area (Å²) in [5.41, 5.74) is 2.02. The predicted molar refractivity (Wildman–Crippen MR) is 141 cm³/mol. The van der Waals surface area contributed by atoms with E-state index >= 15 is 0 Å². The average molecular weight is 546 g/mol. The summed E-state index contributed by atoms with van der Waals surface area (Å²) >= 11 is 3.52. The summed E-state index contributed by atoms with van der Waals surface area (Å²) < 4.78 is 31.8. The van der Waals surface area contributed by atoms with Crippen LogP contribution in [0.3, 0.4) is 0 Å². The van der Waals surface area contributed by atoms with Crippen LogP contribution < -0.4 is 9.47 Å². The van der Waals surface area contributed by atoms with Crippen LogP contribution in [0.4, 0.5) is 4.39 Å². The highest BCUT2D eigenvalue weighted by atomic mass is 79.9. The first kappa shape index (κ1) is 23.8. The van der Waals surface area contributed by atoms with Crippen molar-refractivity contribution in [1.82, 2.24) is 0 Å². The summed E-state index contributed by atoms with van der Waals surface area (Å²) in [6, 6.07) is 23.6. The summed E-state index contributed by atoms with van der Waals surface area (Å²) in [5.74, 6) is 0.285. The van der Waals surface area contributed by atoms with Gasteiger partial charge in [0.15, 0.2) is 17.2 Å². The number of halogens is 2. The molecule has 0 spiro atoms. The highest BCUT2D eigenvalue weighted by Crippen LogP contribution is 2.38. The van der Waals surface area contributed by atoms with Crippen molar-refractivity contribution in [3.63, 3.8) is 0 Å². The topological polar surface area (TPSA) is 57.1 Å². The Morgan fingerprint density at radius 2 is 1.78 bits per heavy atom. The molecule has 0 atom stereocenters. The second-order valence-electron chi connectivity index (χ2n) is 8.01. The monoisotopic (exact) mass is 545 g/mol. The first-order valence-electron chi connectivity index (χ1n) is 11.4. The van der Waals surface area contributed by atoms with Crippen molar-refractivity contribution in [3.05, 3.63) is 112 Å². The summed E-state index contributed by atoms with van der Waals surface area (Å²) in [6.45, 7) is 2.29. The Balaban J connectivity index is 1.46. The Kier molecular flexibility index (Phi) is 6.82. The van der Waals surface area contributed by atoms with Gasteiger partial charge in [-0.05, 0) is 69.5 Å². The minimum absolute atomic E-state index is 0.0385. The van der Waals surface area contributed by atoms with Gasteiger partial charge in [0.1, 0.15) is 12.4 Å². The number of cyclic esters (lactones) is 1. The summed E-state index contributed by atoms with van der Waals surface area (Å²) in [5, 5.41) is 1.98. The maximum absolute atomic E-state index is 14.0. The molecule has 0 radical (unpaired) electrons. The maximum atomic E-state index is 14.0. The Morgan fingerprint density at radius 3 is 2.61 bits per heavy atom. The highest BCUT2D eigenvalue weighted by Gasteiger charge is 2.25. The van der Waals surface area contributed by atoms with Gasteiger partial charge in [-0.2, -0.15) is 0 Å². The molecule has 0 saturated carbocycles. The fraction of sp³-hybridized carbons (Fsp3) is 0.103. The minimum atomic E-state index is -0.535. The maximum Gasteiger partial charge on any atom is 0.363 e. The van der Waals surface area contributed by atoms with Gasteiger partial charge < -0.3 is 14.2 Å². The molecule has 1 heterocycles. The van der Waals surface area contributed by atoms with E-state index in [0.29, 0.717) is 33.7 Å². The smallest absolute Gasteiger partial charge is 0.363 e. The first-order chi connectivity index (χ1) is 17.5. The van der Waals surface area contributed by atoms with Gasteiger partial charge in [0.05, 0.1) is 11.1 Å². The molecule has 36 heavy (non-hydrogen) atoms. The molecule has 180 valence electrons. The summed E-state index contributed by atoms with van der Waals surface area (Å²) in [7, 11) is 0. The molecule has 0 aromatic heterocycles. The van der Waals surface area contributed by atoms with Crippen molar-refractivity contribution in [2.24, 2.45) is 4.99 Å². The Bertz CT molecular complexity index is 1520. The van der Waals surface area contributed by atoms with Gasteiger partial charge in [-0.15, -0.1) is 0 Å². The van der Waals surface area contributed by atoms with Crippen LogP contribution in [0.2, 0.25) is 0 Å². The van der Waals surface area contributed by atoms with Crippen LogP contribution in [0, 0.1) is 5.82 Å². The SMILES string of the molecule is CCOc1cc(/C=C2/N=C(c3cccc4ccccc34)OC2=O)cc(Br)c1OCc1ccccc1F. The zero-order chi connectivity index (χ0) is 25.1. The van der Waals surface area contributed by atoms with E-state index < -0.39 is 5.97 Å². The van der Waals surface area contributed by atoms with Crippen molar-refractivity contribution in [2.75, 3.05) is 6.61 Å². The molecule has 0 unspecified atom stereocenters. The molecule has 1 aliphatic rings. The molecular formula is C29H21BrFNO4. The number of hydrogen-bond donors (Lipinski definition) is 0. The lowest BCUT2D eigenvalue weighted by Gasteiger charge is -2.15. The van der Waals surface area contributed by atoms with Gasteiger partial charge in [0.25, 0.3) is 0 Å². The number of esters is 1. The fourth-order valence-electron chi connectivity index (χ4n) is 3.93. The number of fused-ring (bicyclic) bond motifs is 1. The second-order valence-corrected chi connectivity index (χ2v) is 8.86. The van der Waals surface area contributed by atoms with E-state index in [1.54, 1.807) is 36.4 Å². The highest BCUT2D eigenvalue weighted by molar-refractivity contribution is 9.10.